The fourth-order valence-electron chi connectivity index (χ4n) is 2.06. The van der Waals surface area contributed by atoms with Crippen molar-refractivity contribution in [2.45, 2.75) is 12.6 Å². The van der Waals surface area contributed by atoms with Crippen LogP contribution in [0.15, 0.2) is 18.2 Å². The number of morpholine rings is 1. The highest BCUT2D eigenvalue weighted by molar-refractivity contribution is 6.35. The first-order valence-corrected chi connectivity index (χ1v) is 6.85. The smallest absolute Gasteiger partial charge is 0.250 e. The molecular weight excluding hydrogens is 287 g/mol. The molecule has 1 fully saturated rings. The largest absolute Gasteiger partial charge is 0.366 e. The molecule has 2 rings (SSSR count). The second kappa shape index (κ2) is 6.57. The van der Waals surface area contributed by atoms with E-state index in [2.05, 4.69) is 10.2 Å². The number of hydrogen-bond donors (Lipinski definition) is 1. The fourth-order valence-corrected chi connectivity index (χ4v) is 2.52. The molecule has 1 aromatic carbocycles. The minimum absolute atomic E-state index is 0.0908. The third-order valence-corrected chi connectivity index (χ3v) is 3.69. The predicted octanol–water partition coefficient (Wildman–Crippen LogP) is 1.94. The molecule has 6 heteroatoms. The highest BCUT2D eigenvalue weighted by atomic mass is 35.5. The van der Waals surface area contributed by atoms with Crippen LogP contribution in [-0.2, 0) is 16.1 Å². The first kappa shape index (κ1) is 14.6. The van der Waals surface area contributed by atoms with E-state index in [4.69, 9.17) is 27.9 Å². The van der Waals surface area contributed by atoms with E-state index in [-0.39, 0.29) is 5.91 Å². The monoisotopic (exact) mass is 302 g/mol. The summed E-state index contributed by atoms with van der Waals surface area (Å²) >= 11 is 12.0. The number of amides is 1. The minimum atomic E-state index is -0.412. The van der Waals surface area contributed by atoms with Gasteiger partial charge >= 0.3 is 0 Å². The Morgan fingerprint density at radius 3 is 3.00 bits per heavy atom. The molecule has 1 atom stereocenters. The van der Waals surface area contributed by atoms with Gasteiger partial charge in [0.1, 0.15) is 6.10 Å². The van der Waals surface area contributed by atoms with Gasteiger partial charge in [-0.05, 0) is 17.7 Å². The molecule has 0 radical (unpaired) electrons. The van der Waals surface area contributed by atoms with Crippen LogP contribution in [0.3, 0.4) is 0 Å². The van der Waals surface area contributed by atoms with Crippen LogP contribution in [0.5, 0.6) is 0 Å². The Bertz CT molecular complexity index is 468. The van der Waals surface area contributed by atoms with Crippen LogP contribution < -0.4 is 5.32 Å². The summed E-state index contributed by atoms with van der Waals surface area (Å²) in [4.78, 5) is 13.7. The van der Waals surface area contributed by atoms with Gasteiger partial charge in [-0.2, -0.15) is 0 Å². The van der Waals surface area contributed by atoms with Crippen molar-refractivity contribution in [3.63, 3.8) is 0 Å². The molecule has 4 nitrogen and oxygen atoms in total. The number of nitrogens with zero attached hydrogens (tertiary/aromatic N) is 1. The van der Waals surface area contributed by atoms with Gasteiger partial charge in [0.2, 0.25) is 5.91 Å². The Hall–Kier alpha value is -0.810. The molecule has 19 heavy (non-hydrogen) atoms. The second-order valence-corrected chi connectivity index (χ2v) is 5.29. The summed E-state index contributed by atoms with van der Waals surface area (Å²) in [5, 5.41) is 3.88. The molecule has 1 heterocycles. The van der Waals surface area contributed by atoms with Crippen LogP contribution in [0, 0.1) is 0 Å². The van der Waals surface area contributed by atoms with Gasteiger partial charge in [0.25, 0.3) is 0 Å². The molecule has 0 aliphatic carbocycles. The second-order valence-electron chi connectivity index (χ2n) is 4.44. The molecule has 0 spiro atoms. The lowest BCUT2D eigenvalue weighted by Crippen LogP contribution is -2.48. The van der Waals surface area contributed by atoms with Gasteiger partial charge in [0, 0.05) is 36.7 Å². The van der Waals surface area contributed by atoms with Crippen molar-refractivity contribution in [3.8, 4) is 0 Å². The maximum atomic E-state index is 11.6. The van der Waals surface area contributed by atoms with Crippen LogP contribution in [-0.4, -0.2) is 43.7 Å². The summed E-state index contributed by atoms with van der Waals surface area (Å²) in [7, 11) is 1.61. The lowest BCUT2D eigenvalue weighted by Gasteiger charge is -2.32. The molecule has 0 aromatic heterocycles. The maximum Gasteiger partial charge on any atom is 0.250 e. The number of hydrogen-bond acceptors (Lipinski definition) is 3. The van der Waals surface area contributed by atoms with E-state index in [0.717, 1.165) is 12.1 Å². The molecule has 1 aliphatic rings. The number of carbonyl (C=O) groups excluding carboxylic acids is 1. The molecular formula is C13H16Cl2N2O2. The molecule has 1 saturated heterocycles. The van der Waals surface area contributed by atoms with Crippen molar-refractivity contribution in [3.05, 3.63) is 33.8 Å². The van der Waals surface area contributed by atoms with Crippen molar-refractivity contribution in [2.75, 3.05) is 26.7 Å². The topological polar surface area (TPSA) is 41.6 Å². The van der Waals surface area contributed by atoms with Crippen LogP contribution in [0.1, 0.15) is 5.56 Å². The zero-order chi connectivity index (χ0) is 13.8. The van der Waals surface area contributed by atoms with E-state index in [0.29, 0.717) is 29.7 Å². The van der Waals surface area contributed by atoms with Crippen LogP contribution in [0.4, 0.5) is 0 Å². The van der Waals surface area contributed by atoms with E-state index in [1.165, 1.54) is 0 Å². The molecule has 1 aromatic rings. The lowest BCUT2D eigenvalue weighted by molar-refractivity contribution is -0.138. The Morgan fingerprint density at radius 1 is 1.53 bits per heavy atom. The summed E-state index contributed by atoms with van der Waals surface area (Å²) in [6.07, 6.45) is -0.412. The van der Waals surface area contributed by atoms with Gasteiger partial charge in [-0.15, -0.1) is 0 Å². The van der Waals surface area contributed by atoms with Gasteiger partial charge in [0.15, 0.2) is 0 Å². The average Bonchev–Trinajstić information content (AvgIpc) is 2.41. The third-order valence-electron chi connectivity index (χ3n) is 3.10. The van der Waals surface area contributed by atoms with E-state index >= 15 is 0 Å². The standard InChI is InChI=1S/C13H16Cl2N2O2/c1-16-13(18)12-8-17(4-5-19-12)7-9-2-3-10(14)6-11(9)15/h2-3,6,12H,4-5,7-8H2,1H3,(H,16,18). The summed E-state index contributed by atoms with van der Waals surface area (Å²) in [6.45, 7) is 2.58. The van der Waals surface area contributed by atoms with Crippen LogP contribution in [0.2, 0.25) is 10.0 Å². The molecule has 0 saturated carbocycles. The van der Waals surface area contributed by atoms with Gasteiger partial charge in [0.05, 0.1) is 6.61 Å². The van der Waals surface area contributed by atoms with Crippen molar-refractivity contribution >= 4 is 29.1 Å². The lowest BCUT2D eigenvalue weighted by atomic mass is 10.2. The first-order chi connectivity index (χ1) is 9.10. The normalized spacial score (nSPS) is 20.3. The Labute approximate surface area is 122 Å². The Balaban J connectivity index is 2.00. The van der Waals surface area contributed by atoms with Crippen LogP contribution in [0.25, 0.3) is 0 Å². The SMILES string of the molecule is CNC(=O)C1CN(Cc2ccc(Cl)cc2Cl)CCO1. The highest BCUT2D eigenvalue weighted by Gasteiger charge is 2.26. The number of nitrogens with one attached hydrogen (secondary N) is 1. The van der Waals surface area contributed by atoms with Gasteiger partial charge in [-0.1, -0.05) is 29.3 Å². The zero-order valence-corrected chi connectivity index (χ0v) is 12.2. The molecule has 1 unspecified atom stereocenters. The summed E-state index contributed by atoms with van der Waals surface area (Å²) < 4.78 is 5.44. The van der Waals surface area contributed by atoms with E-state index in [9.17, 15) is 4.79 Å². The minimum Gasteiger partial charge on any atom is -0.366 e. The van der Waals surface area contributed by atoms with Crippen molar-refractivity contribution in [2.24, 2.45) is 0 Å². The van der Waals surface area contributed by atoms with E-state index < -0.39 is 6.10 Å². The number of rotatable bonds is 3. The predicted molar refractivity (Wildman–Crippen MR) is 75.5 cm³/mol. The van der Waals surface area contributed by atoms with Gasteiger partial charge < -0.3 is 10.1 Å². The summed E-state index contributed by atoms with van der Waals surface area (Å²) in [5.74, 6) is -0.0908. The quantitative estimate of drug-likeness (QED) is 0.928. The first-order valence-electron chi connectivity index (χ1n) is 6.09. The Kier molecular flexibility index (Phi) is 5.05. The number of carbonyl (C=O) groups is 1. The van der Waals surface area contributed by atoms with Crippen molar-refractivity contribution in [1.82, 2.24) is 10.2 Å². The number of halogens is 2. The number of ether oxygens (including phenoxy) is 1. The zero-order valence-electron chi connectivity index (χ0n) is 10.7. The third kappa shape index (κ3) is 3.83. The van der Waals surface area contributed by atoms with E-state index in [1.807, 2.05) is 12.1 Å². The number of likely N-dealkylation sites (N-methyl/N-ethyl adjacent to an activating group) is 1. The van der Waals surface area contributed by atoms with E-state index in [1.54, 1.807) is 13.1 Å². The molecule has 1 aliphatic heterocycles. The average molecular weight is 303 g/mol. The molecule has 104 valence electrons. The summed E-state index contributed by atoms with van der Waals surface area (Å²) in [5.41, 5.74) is 1.00. The van der Waals surface area contributed by atoms with Crippen LogP contribution >= 0.6 is 23.2 Å². The molecule has 1 amide bonds. The van der Waals surface area contributed by atoms with Gasteiger partial charge in [-0.3, -0.25) is 9.69 Å². The molecule has 1 N–H and O–H groups in total. The van der Waals surface area contributed by atoms with Gasteiger partial charge in [-0.25, -0.2) is 0 Å². The highest BCUT2D eigenvalue weighted by Crippen LogP contribution is 2.23. The van der Waals surface area contributed by atoms with Crippen molar-refractivity contribution < 1.29 is 9.53 Å². The molecule has 0 bridgehead atoms. The fraction of sp³-hybridized carbons (Fsp3) is 0.462. The Morgan fingerprint density at radius 2 is 2.32 bits per heavy atom. The van der Waals surface area contributed by atoms with Crippen molar-refractivity contribution in [1.29, 1.82) is 0 Å². The number of benzene rings is 1. The maximum absolute atomic E-state index is 11.6. The summed E-state index contributed by atoms with van der Waals surface area (Å²) in [6, 6.07) is 5.46.